The van der Waals surface area contributed by atoms with Gasteiger partial charge in [0.25, 0.3) is 5.91 Å². The van der Waals surface area contributed by atoms with Crippen molar-refractivity contribution in [2.75, 3.05) is 0 Å². The first-order valence-corrected chi connectivity index (χ1v) is 6.37. The SMILES string of the molecule is Cc1cc(C(=O)NC(C)(C)c2cccc(Cl)c2)n[nH]1. The van der Waals surface area contributed by atoms with Crippen molar-refractivity contribution in [2.45, 2.75) is 26.3 Å². The molecule has 5 heteroatoms. The van der Waals surface area contributed by atoms with E-state index in [2.05, 4.69) is 15.5 Å². The van der Waals surface area contributed by atoms with Gasteiger partial charge in [0, 0.05) is 10.7 Å². The lowest BCUT2D eigenvalue weighted by atomic mass is 9.94. The Kier molecular flexibility index (Phi) is 3.62. The van der Waals surface area contributed by atoms with Gasteiger partial charge in [-0.05, 0) is 44.5 Å². The summed E-state index contributed by atoms with van der Waals surface area (Å²) in [6.07, 6.45) is 0. The third-order valence-corrected chi connectivity index (χ3v) is 3.15. The highest BCUT2D eigenvalue weighted by Gasteiger charge is 2.24. The van der Waals surface area contributed by atoms with Crippen molar-refractivity contribution in [1.29, 1.82) is 0 Å². The topological polar surface area (TPSA) is 57.8 Å². The number of aryl methyl sites for hydroxylation is 1. The number of nitrogens with zero attached hydrogens (tertiary/aromatic N) is 1. The maximum absolute atomic E-state index is 12.1. The number of benzene rings is 1. The van der Waals surface area contributed by atoms with Crippen LogP contribution in [0.3, 0.4) is 0 Å². The summed E-state index contributed by atoms with van der Waals surface area (Å²) in [6.45, 7) is 5.71. The van der Waals surface area contributed by atoms with E-state index in [4.69, 9.17) is 11.6 Å². The van der Waals surface area contributed by atoms with Crippen LogP contribution in [0.4, 0.5) is 0 Å². The Bertz CT molecular complexity index is 604. The van der Waals surface area contributed by atoms with E-state index < -0.39 is 5.54 Å². The van der Waals surface area contributed by atoms with E-state index in [1.165, 1.54) is 0 Å². The van der Waals surface area contributed by atoms with Crippen molar-refractivity contribution < 1.29 is 4.79 Å². The molecule has 1 heterocycles. The highest BCUT2D eigenvalue weighted by atomic mass is 35.5. The lowest BCUT2D eigenvalue weighted by Gasteiger charge is -2.26. The van der Waals surface area contributed by atoms with E-state index in [0.717, 1.165) is 11.3 Å². The van der Waals surface area contributed by atoms with Gasteiger partial charge in [-0.15, -0.1) is 0 Å². The van der Waals surface area contributed by atoms with Gasteiger partial charge >= 0.3 is 0 Å². The van der Waals surface area contributed by atoms with Crippen LogP contribution in [0, 0.1) is 6.92 Å². The molecule has 0 fully saturated rings. The molecule has 19 heavy (non-hydrogen) atoms. The van der Waals surface area contributed by atoms with E-state index in [1.807, 2.05) is 39.0 Å². The molecule has 1 aromatic heterocycles. The molecule has 0 aliphatic rings. The third-order valence-electron chi connectivity index (χ3n) is 2.91. The minimum Gasteiger partial charge on any atom is -0.342 e. The first kappa shape index (κ1) is 13.6. The summed E-state index contributed by atoms with van der Waals surface area (Å²) in [5, 5.41) is 10.3. The molecule has 0 aliphatic heterocycles. The van der Waals surface area contributed by atoms with Gasteiger partial charge < -0.3 is 5.32 Å². The molecule has 1 aromatic carbocycles. The average Bonchev–Trinajstić information content (AvgIpc) is 2.75. The fourth-order valence-electron chi connectivity index (χ4n) is 1.83. The molecule has 2 aromatic rings. The largest absolute Gasteiger partial charge is 0.342 e. The first-order chi connectivity index (χ1) is 8.88. The number of rotatable bonds is 3. The van der Waals surface area contributed by atoms with Crippen molar-refractivity contribution >= 4 is 17.5 Å². The van der Waals surface area contributed by atoms with Gasteiger partial charge in [0.05, 0.1) is 5.54 Å². The van der Waals surface area contributed by atoms with Crippen molar-refractivity contribution in [3.8, 4) is 0 Å². The zero-order valence-corrected chi connectivity index (χ0v) is 11.9. The number of nitrogens with one attached hydrogen (secondary N) is 2. The second kappa shape index (κ2) is 5.05. The molecular formula is C14H16ClN3O. The van der Waals surface area contributed by atoms with Crippen LogP contribution in [0.15, 0.2) is 30.3 Å². The minimum atomic E-state index is -0.519. The van der Waals surface area contributed by atoms with Crippen molar-refractivity contribution in [2.24, 2.45) is 0 Å². The number of carbonyl (C=O) groups is 1. The highest BCUT2D eigenvalue weighted by molar-refractivity contribution is 6.30. The second-order valence-electron chi connectivity index (χ2n) is 5.03. The number of hydrogen-bond acceptors (Lipinski definition) is 2. The van der Waals surface area contributed by atoms with Crippen LogP contribution in [0.2, 0.25) is 5.02 Å². The fourth-order valence-corrected chi connectivity index (χ4v) is 2.02. The lowest BCUT2D eigenvalue weighted by Crippen LogP contribution is -2.41. The smallest absolute Gasteiger partial charge is 0.272 e. The molecule has 0 saturated heterocycles. The number of halogens is 1. The number of carbonyl (C=O) groups excluding carboxylic acids is 1. The Labute approximate surface area is 117 Å². The fraction of sp³-hybridized carbons (Fsp3) is 0.286. The first-order valence-electron chi connectivity index (χ1n) is 5.99. The molecule has 0 aliphatic carbocycles. The number of aromatic amines is 1. The molecule has 1 amide bonds. The van der Waals surface area contributed by atoms with Crippen molar-refractivity contribution in [3.05, 3.63) is 52.3 Å². The molecule has 4 nitrogen and oxygen atoms in total. The zero-order chi connectivity index (χ0) is 14.0. The summed E-state index contributed by atoms with van der Waals surface area (Å²) in [7, 11) is 0. The number of aromatic nitrogens is 2. The molecule has 0 radical (unpaired) electrons. The molecule has 0 atom stereocenters. The number of H-pyrrole nitrogens is 1. The summed E-state index contributed by atoms with van der Waals surface area (Å²) < 4.78 is 0. The predicted molar refractivity (Wildman–Crippen MR) is 75.3 cm³/mol. The van der Waals surface area contributed by atoms with Gasteiger partial charge in [0.15, 0.2) is 0 Å². The van der Waals surface area contributed by atoms with Gasteiger partial charge in [0.2, 0.25) is 0 Å². The zero-order valence-electron chi connectivity index (χ0n) is 11.1. The van der Waals surface area contributed by atoms with Crippen molar-refractivity contribution in [3.63, 3.8) is 0 Å². The van der Waals surface area contributed by atoms with Crippen molar-refractivity contribution in [1.82, 2.24) is 15.5 Å². The molecule has 0 spiro atoms. The van der Waals surface area contributed by atoms with Gasteiger partial charge in [0.1, 0.15) is 5.69 Å². The number of hydrogen-bond donors (Lipinski definition) is 2. The monoisotopic (exact) mass is 277 g/mol. The van der Waals surface area contributed by atoms with Gasteiger partial charge in [-0.3, -0.25) is 9.89 Å². The van der Waals surface area contributed by atoms with Crippen LogP contribution in [-0.4, -0.2) is 16.1 Å². The van der Waals surface area contributed by atoms with Gasteiger partial charge in [-0.1, -0.05) is 23.7 Å². The van der Waals surface area contributed by atoms with Crippen LogP contribution in [-0.2, 0) is 5.54 Å². The standard InChI is InChI=1S/C14H16ClN3O/c1-9-7-12(18-17-9)13(19)16-14(2,3)10-5-4-6-11(15)8-10/h4-8H,1-3H3,(H,16,19)(H,17,18). The predicted octanol–water partition coefficient (Wildman–Crippen LogP) is 3.04. The van der Waals surface area contributed by atoms with Crippen LogP contribution < -0.4 is 5.32 Å². The van der Waals surface area contributed by atoms with Crippen LogP contribution in [0.25, 0.3) is 0 Å². The molecule has 2 N–H and O–H groups in total. The molecule has 0 saturated carbocycles. The summed E-state index contributed by atoms with van der Waals surface area (Å²) in [5.41, 5.74) is 1.66. The van der Waals surface area contributed by atoms with E-state index in [1.54, 1.807) is 12.1 Å². The van der Waals surface area contributed by atoms with Crippen LogP contribution >= 0.6 is 11.6 Å². The van der Waals surface area contributed by atoms with E-state index in [-0.39, 0.29) is 5.91 Å². The summed E-state index contributed by atoms with van der Waals surface area (Å²) >= 11 is 5.98. The highest BCUT2D eigenvalue weighted by Crippen LogP contribution is 2.23. The van der Waals surface area contributed by atoms with E-state index >= 15 is 0 Å². The quantitative estimate of drug-likeness (QED) is 0.906. The number of amides is 1. The Morgan fingerprint density at radius 2 is 2.11 bits per heavy atom. The van der Waals surface area contributed by atoms with E-state index in [9.17, 15) is 4.79 Å². The Hall–Kier alpha value is -1.81. The van der Waals surface area contributed by atoms with Gasteiger partial charge in [-0.2, -0.15) is 5.10 Å². The second-order valence-corrected chi connectivity index (χ2v) is 5.46. The van der Waals surface area contributed by atoms with Crippen LogP contribution in [0.1, 0.15) is 35.6 Å². The summed E-state index contributed by atoms with van der Waals surface area (Å²) in [6, 6.07) is 9.16. The normalized spacial score (nSPS) is 11.4. The Morgan fingerprint density at radius 1 is 1.37 bits per heavy atom. The molecular weight excluding hydrogens is 262 g/mol. The third kappa shape index (κ3) is 3.15. The maximum atomic E-state index is 12.1. The Balaban J connectivity index is 2.19. The molecule has 0 bridgehead atoms. The Morgan fingerprint density at radius 3 is 2.68 bits per heavy atom. The molecule has 2 rings (SSSR count). The minimum absolute atomic E-state index is 0.214. The van der Waals surface area contributed by atoms with Crippen LogP contribution in [0.5, 0.6) is 0 Å². The summed E-state index contributed by atoms with van der Waals surface area (Å²) in [4.78, 5) is 12.1. The summed E-state index contributed by atoms with van der Waals surface area (Å²) in [5.74, 6) is -0.214. The van der Waals surface area contributed by atoms with Gasteiger partial charge in [-0.25, -0.2) is 0 Å². The maximum Gasteiger partial charge on any atom is 0.272 e. The molecule has 0 unspecified atom stereocenters. The average molecular weight is 278 g/mol. The lowest BCUT2D eigenvalue weighted by molar-refractivity contribution is 0.0907. The van der Waals surface area contributed by atoms with E-state index in [0.29, 0.717) is 10.7 Å². The molecule has 100 valence electrons.